The Kier molecular flexibility index (Phi) is 6.92. The number of carbonyl (C=O) groups excluding carboxylic acids is 3. The maximum absolute atomic E-state index is 13.4. The first-order chi connectivity index (χ1) is 17.0. The van der Waals surface area contributed by atoms with E-state index in [1.165, 1.54) is 11.3 Å². The number of nitrogens with zero attached hydrogens (tertiary/aromatic N) is 2. The Hall–Kier alpha value is -2.22. The largest absolute Gasteiger partial charge is 0.357 e. The Balaban J connectivity index is 1.52. The van der Waals surface area contributed by atoms with Gasteiger partial charge in [0.25, 0.3) is 5.91 Å². The normalized spacial score (nSPS) is 23.0. The number of rotatable bonds is 6. The predicted molar refractivity (Wildman–Crippen MR) is 150 cm³/mol. The minimum atomic E-state index is -0.951. The third-order valence-corrected chi connectivity index (χ3v) is 9.65. The van der Waals surface area contributed by atoms with Gasteiger partial charge in [0.1, 0.15) is 5.60 Å². The molecule has 2 fully saturated rings. The van der Waals surface area contributed by atoms with Gasteiger partial charge in [-0.25, -0.2) is 0 Å². The third-order valence-electron chi connectivity index (χ3n) is 8.37. The summed E-state index contributed by atoms with van der Waals surface area (Å²) in [6, 6.07) is 11.1. The van der Waals surface area contributed by atoms with Crippen LogP contribution >= 0.6 is 22.9 Å². The van der Waals surface area contributed by atoms with Gasteiger partial charge in [-0.1, -0.05) is 25.4 Å². The fourth-order valence-corrected chi connectivity index (χ4v) is 6.39. The highest BCUT2D eigenvalue weighted by atomic mass is 35.5. The van der Waals surface area contributed by atoms with Crippen LogP contribution in [0.1, 0.15) is 77.9 Å². The molecule has 6 nitrogen and oxygen atoms in total. The number of hydrogen-bond donors (Lipinski definition) is 0. The molecular formula is C29H37ClN2O4S. The van der Waals surface area contributed by atoms with Crippen LogP contribution in [0.25, 0.3) is 0 Å². The van der Waals surface area contributed by atoms with Gasteiger partial charge >= 0.3 is 0 Å². The monoisotopic (exact) mass is 544 g/mol. The van der Waals surface area contributed by atoms with Crippen LogP contribution in [-0.2, 0) is 14.3 Å². The van der Waals surface area contributed by atoms with Crippen LogP contribution in [0.4, 0.5) is 11.4 Å². The number of amides is 2. The van der Waals surface area contributed by atoms with Gasteiger partial charge in [-0.2, -0.15) is 0 Å². The molecule has 2 amide bonds. The number of benzene rings is 1. The topological polar surface area (TPSA) is 66.9 Å². The lowest BCUT2D eigenvalue weighted by Crippen LogP contribution is -2.72. The summed E-state index contributed by atoms with van der Waals surface area (Å²) in [7, 11) is 0. The van der Waals surface area contributed by atoms with E-state index in [4.69, 9.17) is 16.3 Å². The summed E-state index contributed by atoms with van der Waals surface area (Å²) in [5.41, 5.74) is -0.892. The molecule has 0 aliphatic carbocycles. The molecule has 1 atom stereocenters. The summed E-state index contributed by atoms with van der Waals surface area (Å²) in [6.45, 7) is 16.3. The Morgan fingerprint density at radius 2 is 1.62 bits per heavy atom. The number of carbonyl (C=O) groups is 3. The van der Waals surface area contributed by atoms with Gasteiger partial charge < -0.3 is 14.5 Å². The highest BCUT2D eigenvalue weighted by molar-refractivity contribution is 7.18. The first-order valence-electron chi connectivity index (χ1n) is 12.7. The van der Waals surface area contributed by atoms with Crippen molar-refractivity contribution in [3.8, 4) is 0 Å². The van der Waals surface area contributed by atoms with Crippen LogP contribution in [0.2, 0.25) is 4.34 Å². The van der Waals surface area contributed by atoms with Crippen LogP contribution in [0.3, 0.4) is 0 Å². The van der Waals surface area contributed by atoms with Gasteiger partial charge in [-0.3, -0.25) is 14.4 Å². The predicted octanol–water partition coefficient (Wildman–Crippen LogP) is 6.75. The van der Waals surface area contributed by atoms with Gasteiger partial charge in [-0.05, 0) is 89.3 Å². The zero-order valence-electron chi connectivity index (χ0n) is 23.0. The van der Waals surface area contributed by atoms with Gasteiger partial charge in [0, 0.05) is 30.8 Å². The van der Waals surface area contributed by atoms with Crippen molar-refractivity contribution in [1.29, 1.82) is 0 Å². The van der Waals surface area contributed by atoms with E-state index in [1.807, 2.05) is 56.9 Å². The second-order valence-corrected chi connectivity index (χ2v) is 14.2. The number of anilines is 2. The second-order valence-electron chi connectivity index (χ2n) is 12.4. The molecule has 1 aromatic carbocycles. The van der Waals surface area contributed by atoms with Crippen LogP contribution in [-0.4, -0.2) is 40.9 Å². The summed E-state index contributed by atoms with van der Waals surface area (Å²) < 4.78 is 6.78. The van der Waals surface area contributed by atoms with Crippen molar-refractivity contribution in [2.45, 2.75) is 85.0 Å². The molecule has 2 aliphatic rings. The molecule has 0 spiro atoms. The maximum atomic E-state index is 13.4. The van der Waals surface area contributed by atoms with Gasteiger partial charge in [-0.15, -0.1) is 11.3 Å². The lowest BCUT2D eigenvalue weighted by atomic mass is 9.74. The first-order valence-corrected chi connectivity index (χ1v) is 13.9. The molecule has 4 rings (SSSR count). The number of morpholine rings is 1. The summed E-state index contributed by atoms with van der Waals surface area (Å²) in [5.74, 6) is 0.0454. The minimum absolute atomic E-state index is 0.0420. The molecule has 3 heterocycles. The zero-order valence-corrected chi connectivity index (χ0v) is 24.5. The molecule has 2 aliphatic heterocycles. The maximum Gasteiger partial charge on any atom is 0.259 e. The highest BCUT2D eigenvalue weighted by Gasteiger charge is 2.56. The third kappa shape index (κ3) is 4.98. The number of halogens is 1. The van der Waals surface area contributed by atoms with Crippen LogP contribution < -0.4 is 9.80 Å². The standard InChI is InChI=1S/C29H37ClN2O4S/c1-26(2,16-21(33)22-13-14-23(30)37-22)18-15-24(34)31(17-18)19-9-11-20(12-10-19)32-25(35)27(3,4)36-29(7,8)28(32,5)6/h9-14,18H,15-17H2,1-8H3/t18-/m1/s1. The Morgan fingerprint density at radius 3 is 2.19 bits per heavy atom. The molecule has 0 radical (unpaired) electrons. The van der Waals surface area contributed by atoms with E-state index in [-0.39, 0.29) is 28.9 Å². The molecule has 0 bridgehead atoms. The molecule has 1 aromatic heterocycles. The lowest BCUT2D eigenvalue weighted by molar-refractivity contribution is -0.191. The molecule has 0 saturated carbocycles. The van der Waals surface area contributed by atoms with E-state index < -0.39 is 16.7 Å². The van der Waals surface area contributed by atoms with Crippen molar-refractivity contribution in [1.82, 2.24) is 0 Å². The second kappa shape index (κ2) is 9.21. The average molecular weight is 545 g/mol. The number of Topliss-reactive ketones (excluding diaryl/α,β-unsaturated/α-hetero) is 1. The molecule has 8 heteroatoms. The average Bonchev–Trinajstić information content (AvgIpc) is 3.38. The molecule has 2 aromatic rings. The van der Waals surface area contributed by atoms with Crippen molar-refractivity contribution in [3.63, 3.8) is 0 Å². The number of hydrogen-bond acceptors (Lipinski definition) is 5. The fourth-order valence-electron chi connectivity index (χ4n) is 5.41. The van der Waals surface area contributed by atoms with Crippen molar-refractivity contribution in [2.75, 3.05) is 16.3 Å². The van der Waals surface area contributed by atoms with E-state index in [0.717, 1.165) is 11.4 Å². The first kappa shape index (κ1) is 27.8. The fraction of sp³-hybridized carbons (Fsp3) is 0.552. The van der Waals surface area contributed by atoms with Gasteiger partial charge in [0.15, 0.2) is 5.78 Å². The van der Waals surface area contributed by atoms with Crippen molar-refractivity contribution >= 4 is 51.9 Å². The Bertz CT molecular complexity index is 1230. The summed E-state index contributed by atoms with van der Waals surface area (Å²) in [5, 5.41) is 0. The molecule has 2 saturated heterocycles. The Labute approximate surface area is 228 Å². The van der Waals surface area contributed by atoms with Crippen molar-refractivity contribution in [2.24, 2.45) is 11.3 Å². The molecule has 0 N–H and O–H groups in total. The van der Waals surface area contributed by atoms with Crippen LogP contribution in [0.15, 0.2) is 36.4 Å². The molecule has 0 unspecified atom stereocenters. The molecule has 37 heavy (non-hydrogen) atoms. The highest BCUT2D eigenvalue weighted by Crippen LogP contribution is 2.45. The van der Waals surface area contributed by atoms with E-state index in [2.05, 4.69) is 13.8 Å². The van der Waals surface area contributed by atoms with E-state index >= 15 is 0 Å². The van der Waals surface area contributed by atoms with Crippen molar-refractivity contribution in [3.05, 3.63) is 45.6 Å². The van der Waals surface area contributed by atoms with E-state index in [9.17, 15) is 14.4 Å². The lowest BCUT2D eigenvalue weighted by Gasteiger charge is -2.57. The van der Waals surface area contributed by atoms with E-state index in [1.54, 1.807) is 30.9 Å². The van der Waals surface area contributed by atoms with Gasteiger partial charge in [0.05, 0.1) is 20.4 Å². The number of ether oxygens (including phenoxy) is 1. The SMILES string of the molecule is CC1(C)OC(C)(C)C(C)(C)N(c2ccc(N3C[C@H](C(C)(C)CC(=O)c4ccc(Cl)s4)CC3=O)cc2)C1=O. The number of thiophene rings is 1. The smallest absolute Gasteiger partial charge is 0.259 e. The van der Waals surface area contributed by atoms with E-state index in [0.29, 0.717) is 28.6 Å². The van der Waals surface area contributed by atoms with Crippen LogP contribution in [0, 0.1) is 11.3 Å². The zero-order chi connectivity index (χ0) is 27.6. The molecular weight excluding hydrogens is 508 g/mol. The van der Waals surface area contributed by atoms with Gasteiger partial charge in [0.2, 0.25) is 5.91 Å². The summed E-state index contributed by atoms with van der Waals surface area (Å²) >= 11 is 7.30. The minimum Gasteiger partial charge on any atom is -0.357 e. The van der Waals surface area contributed by atoms with Crippen molar-refractivity contribution < 1.29 is 19.1 Å². The van der Waals surface area contributed by atoms with Crippen LogP contribution in [0.5, 0.6) is 0 Å². The number of ketones is 1. The summed E-state index contributed by atoms with van der Waals surface area (Å²) in [6.07, 6.45) is 0.749. The quantitative estimate of drug-likeness (QED) is 0.377. The molecule has 200 valence electrons. The Morgan fingerprint density at radius 1 is 1.03 bits per heavy atom. The summed E-state index contributed by atoms with van der Waals surface area (Å²) in [4.78, 5) is 43.5.